The Bertz CT molecular complexity index is 832. The molecule has 1 unspecified atom stereocenters. The van der Waals surface area contributed by atoms with Crippen LogP contribution in [0, 0.1) is 5.82 Å². The zero-order valence-electron chi connectivity index (χ0n) is 15.2. The largest absolute Gasteiger partial charge is 0.491 e. The fraction of sp³-hybridized carbons (Fsp3) is 0.238. The molecule has 7 heteroatoms. The van der Waals surface area contributed by atoms with E-state index in [2.05, 4.69) is 10.6 Å². The van der Waals surface area contributed by atoms with E-state index in [1.165, 1.54) is 18.2 Å². The van der Waals surface area contributed by atoms with Crippen LogP contribution in [-0.4, -0.2) is 30.3 Å². The minimum atomic E-state index is -0.377. The van der Waals surface area contributed by atoms with Crippen LogP contribution in [0.15, 0.2) is 54.6 Å². The Balaban J connectivity index is 1.43. The number of hydrogen-bond donors (Lipinski definition) is 2. The van der Waals surface area contributed by atoms with Gasteiger partial charge in [-0.2, -0.15) is 0 Å². The fourth-order valence-electron chi connectivity index (χ4n) is 2.66. The molecule has 0 aliphatic carbocycles. The average Bonchev–Trinajstić information content (AvgIpc) is 3.20. The Morgan fingerprint density at radius 2 is 1.96 bits per heavy atom. The molecule has 146 valence electrons. The van der Waals surface area contributed by atoms with Gasteiger partial charge in [0.25, 0.3) is 0 Å². The molecule has 1 aliphatic rings. The van der Waals surface area contributed by atoms with Crippen molar-refractivity contribution >= 4 is 35.0 Å². The summed E-state index contributed by atoms with van der Waals surface area (Å²) in [5.74, 6) is 0.0480. The summed E-state index contributed by atoms with van der Waals surface area (Å²) in [6.07, 6.45) is 5.20. The maximum atomic E-state index is 12.9. The molecule has 0 spiro atoms. The predicted molar refractivity (Wildman–Crippen MR) is 111 cm³/mol. The van der Waals surface area contributed by atoms with Crippen LogP contribution < -0.4 is 15.4 Å². The smallest absolute Gasteiger partial charge is 0.250 e. The van der Waals surface area contributed by atoms with E-state index in [4.69, 9.17) is 21.7 Å². The first-order valence-corrected chi connectivity index (χ1v) is 9.39. The monoisotopic (exact) mass is 400 g/mol. The molecular formula is C21H21FN2O3S. The first-order chi connectivity index (χ1) is 13.6. The van der Waals surface area contributed by atoms with Gasteiger partial charge in [0, 0.05) is 18.4 Å². The number of ether oxygens (including phenoxy) is 2. The number of hydrogen-bond acceptors (Lipinski definition) is 4. The summed E-state index contributed by atoms with van der Waals surface area (Å²) in [6.45, 7) is 1.35. The fourth-order valence-corrected chi connectivity index (χ4v) is 2.88. The lowest BCUT2D eigenvalue weighted by Crippen LogP contribution is -2.32. The van der Waals surface area contributed by atoms with Crippen molar-refractivity contribution in [2.24, 2.45) is 0 Å². The lowest BCUT2D eigenvalue weighted by atomic mass is 10.2. The van der Waals surface area contributed by atoms with Gasteiger partial charge < -0.3 is 14.8 Å². The highest BCUT2D eigenvalue weighted by Crippen LogP contribution is 2.18. The molecular weight excluding hydrogens is 379 g/mol. The van der Waals surface area contributed by atoms with E-state index in [0.29, 0.717) is 12.2 Å². The van der Waals surface area contributed by atoms with E-state index >= 15 is 0 Å². The topological polar surface area (TPSA) is 59.6 Å². The molecule has 0 aromatic heterocycles. The van der Waals surface area contributed by atoms with Crippen molar-refractivity contribution in [1.82, 2.24) is 5.32 Å². The molecule has 2 N–H and O–H groups in total. The zero-order valence-corrected chi connectivity index (χ0v) is 16.0. The molecule has 2 aromatic rings. The SMILES string of the molecule is O=C(C=Cc1ccc(F)cc1)NC(=S)Nc1ccc(OCC2CCCO2)cc1. The molecule has 1 aliphatic heterocycles. The summed E-state index contributed by atoms with van der Waals surface area (Å²) >= 11 is 5.14. The number of rotatable bonds is 6. The summed E-state index contributed by atoms with van der Waals surface area (Å²) in [6, 6.07) is 13.1. The van der Waals surface area contributed by atoms with Gasteiger partial charge in [-0.15, -0.1) is 0 Å². The maximum Gasteiger partial charge on any atom is 0.250 e. The second kappa shape index (κ2) is 9.96. The van der Waals surface area contributed by atoms with Crippen molar-refractivity contribution in [3.63, 3.8) is 0 Å². The molecule has 3 rings (SSSR count). The van der Waals surface area contributed by atoms with Crippen LogP contribution in [0.5, 0.6) is 5.75 Å². The Labute approximate surface area is 168 Å². The molecule has 1 atom stereocenters. The van der Waals surface area contributed by atoms with Crippen molar-refractivity contribution in [1.29, 1.82) is 0 Å². The van der Waals surface area contributed by atoms with E-state index in [9.17, 15) is 9.18 Å². The highest BCUT2D eigenvalue weighted by atomic mass is 32.1. The van der Waals surface area contributed by atoms with Gasteiger partial charge in [0.1, 0.15) is 18.2 Å². The lowest BCUT2D eigenvalue weighted by molar-refractivity contribution is -0.115. The molecule has 28 heavy (non-hydrogen) atoms. The lowest BCUT2D eigenvalue weighted by Gasteiger charge is -2.12. The van der Waals surface area contributed by atoms with Gasteiger partial charge >= 0.3 is 0 Å². The number of benzene rings is 2. The van der Waals surface area contributed by atoms with E-state index in [1.807, 2.05) is 24.3 Å². The summed E-state index contributed by atoms with van der Waals surface area (Å²) < 4.78 is 24.1. The zero-order chi connectivity index (χ0) is 19.8. The van der Waals surface area contributed by atoms with Crippen LogP contribution in [-0.2, 0) is 9.53 Å². The molecule has 1 fully saturated rings. The van der Waals surface area contributed by atoms with Gasteiger partial charge in [0.15, 0.2) is 5.11 Å². The third-order valence-electron chi connectivity index (χ3n) is 4.11. The van der Waals surface area contributed by atoms with Crippen LogP contribution in [0.2, 0.25) is 0 Å². The highest BCUT2D eigenvalue weighted by molar-refractivity contribution is 7.80. The first-order valence-electron chi connectivity index (χ1n) is 8.98. The van der Waals surface area contributed by atoms with Crippen molar-refractivity contribution < 1.29 is 18.7 Å². The van der Waals surface area contributed by atoms with Crippen molar-refractivity contribution in [2.75, 3.05) is 18.5 Å². The van der Waals surface area contributed by atoms with Gasteiger partial charge in [-0.05, 0) is 73.1 Å². The van der Waals surface area contributed by atoms with Crippen molar-refractivity contribution in [3.05, 3.63) is 66.0 Å². The summed E-state index contributed by atoms with van der Waals surface area (Å²) in [5.41, 5.74) is 1.45. The van der Waals surface area contributed by atoms with Crippen LogP contribution in [0.1, 0.15) is 18.4 Å². The standard InChI is InChI=1S/C21H21FN2O3S/c22-16-6-3-15(4-7-16)5-12-20(25)24-21(28)23-17-8-10-18(11-9-17)27-14-19-2-1-13-26-19/h3-12,19H,1-2,13-14H2,(H2,23,24,25,28). The second-order valence-corrected chi connectivity index (χ2v) is 6.71. The van der Waals surface area contributed by atoms with E-state index in [1.54, 1.807) is 18.2 Å². The normalized spacial score (nSPS) is 16.1. The molecule has 0 bridgehead atoms. The molecule has 5 nitrogen and oxygen atoms in total. The first kappa shape index (κ1) is 20.0. The van der Waals surface area contributed by atoms with E-state index < -0.39 is 0 Å². The van der Waals surface area contributed by atoms with Crippen LogP contribution in [0.3, 0.4) is 0 Å². The van der Waals surface area contributed by atoms with Gasteiger partial charge in [0.2, 0.25) is 5.91 Å². The maximum absolute atomic E-state index is 12.9. The Kier molecular flexibility index (Phi) is 7.11. The molecule has 0 saturated carbocycles. The number of halogens is 1. The predicted octanol–water partition coefficient (Wildman–Crippen LogP) is 3.91. The summed E-state index contributed by atoms with van der Waals surface area (Å²) in [4.78, 5) is 11.9. The van der Waals surface area contributed by atoms with Crippen molar-refractivity contribution in [3.8, 4) is 5.75 Å². The highest BCUT2D eigenvalue weighted by Gasteiger charge is 2.15. The molecule has 1 heterocycles. The van der Waals surface area contributed by atoms with Gasteiger partial charge in [-0.3, -0.25) is 10.1 Å². The van der Waals surface area contributed by atoms with E-state index in [-0.39, 0.29) is 22.9 Å². The molecule has 0 radical (unpaired) electrons. The van der Waals surface area contributed by atoms with Gasteiger partial charge in [-0.25, -0.2) is 4.39 Å². The number of thiocarbonyl (C=S) groups is 1. The Hall–Kier alpha value is -2.77. The Morgan fingerprint density at radius 1 is 1.21 bits per heavy atom. The van der Waals surface area contributed by atoms with Crippen LogP contribution in [0.25, 0.3) is 6.08 Å². The van der Waals surface area contributed by atoms with Crippen LogP contribution >= 0.6 is 12.2 Å². The molecule has 1 saturated heterocycles. The van der Waals surface area contributed by atoms with Crippen LogP contribution in [0.4, 0.5) is 10.1 Å². The number of anilines is 1. The minimum Gasteiger partial charge on any atom is -0.491 e. The number of nitrogens with one attached hydrogen (secondary N) is 2. The molecule has 2 aromatic carbocycles. The third kappa shape index (κ3) is 6.44. The van der Waals surface area contributed by atoms with Gasteiger partial charge in [0.05, 0.1) is 6.10 Å². The molecule has 1 amide bonds. The minimum absolute atomic E-state index is 0.170. The number of carbonyl (C=O) groups excluding carboxylic acids is 1. The van der Waals surface area contributed by atoms with E-state index in [0.717, 1.165) is 30.9 Å². The Morgan fingerprint density at radius 3 is 2.64 bits per heavy atom. The van der Waals surface area contributed by atoms with Crippen molar-refractivity contribution in [2.45, 2.75) is 18.9 Å². The summed E-state index contributed by atoms with van der Waals surface area (Å²) in [5, 5.41) is 5.68. The quantitative estimate of drug-likeness (QED) is 0.569. The third-order valence-corrected chi connectivity index (χ3v) is 4.31. The number of amides is 1. The number of carbonyl (C=O) groups is 1. The second-order valence-electron chi connectivity index (χ2n) is 6.30. The summed E-state index contributed by atoms with van der Waals surface area (Å²) in [7, 11) is 0. The average molecular weight is 400 g/mol. The van der Waals surface area contributed by atoms with Gasteiger partial charge in [-0.1, -0.05) is 12.1 Å².